The van der Waals surface area contributed by atoms with Crippen LogP contribution in [-0.4, -0.2) is 56.4 Å². The van der Waals surface area contributed by atoms with Crippen LogP contribution >= 0.6 is 0 Å². The average molecular weight is 517 g/mol. The van der Waals surface area contributed by atoms with Crippen LogP contribution in [0.5, 0.6) is 0 Å². The molecule has 38 heavy (non-hydrogen) atoms. The van der Waals surface area contributed by atoms with Crippen LogP contribution in [-0.2, 0) is 27.9 Å². The molecule has 6 nitrogen and oxygen atoms in total. The van der Waals surface area contributed by atoms with Gasteiger partial charge in [-0.1, -0.05) is 43.3 Å². The number of rotatable bonds is 8. The summed E-state index contributed by atoms with van der Waals surface area (Å²) in [4.78, 5) is 21.7. The van der Waals surface area contributed by atoms with Crippen LogP contribution in [0.15, 0.2) is 59.7 Å². The van der Waals surface area contributed by atoms with Gasteiger partial charge in [0, 0.05) is 50.6 Å². The number of hydrogen-bond acceptors (Lipinski definition) is 5. The monoisotopic (exact) mass is 516 g/mol. The summed E-state index contributed by atoms with van der Waals surface area (Å²) in [6.45, 7) is 7.78. The molecule has 0 radical (unpaired) electrons. The van der Waals surface area contributed by atoms with Crippen LogP contribution < -0.4 is 10.6 Å². The maximum atomic E-state index is 15.5. The zero-order valence-corrected chi connectivity index (χ0v) is 22.1. The molecular formula is C31H37FN4O2. The maximum Gasteiger partial charge on any atom is 0.225 e. The summed E-state index contributed by atoms with van der Waals surface area (Å²) in [6.07, 6.45) is 7.10. The summed E-state index contributed by atoms with van der Waals surface area (Å²) in [5, 5.41) is 0. The van der Waals surface area contributed by atoms with Crippen molar-refractivity contribution in [2.24, 2.45) is 34.4 Å². The SMILES string of the molecule is CCc1ccc(CN2CC3C(C2)C3CC2(c3ccc(N4CCOCC4)c(F)c3)C=NC=CC2C(N)=O)cc1. The lowest BCUT2D eigenvalue weighted by Gasteiger charge is -2.38. The predicted molar refractivity (Wildman–Crippen MR) is 148 cm³/mol. The summed E-state index contributed by atoms with van der Waals surface area (Å²) >= 11 is 0. The number of ether oxygens (including phenoxy) is 1. The van der Waals surface area contributed by atoms with Gasteiger partial charge < -0.3 is 15.4 Å². The highest BCUT2D eigenvalue weighted by Gasteiger charge is 2.59. The summed E-state index contributed by atoms with van der Waals surface area (Å²) in [6, 6.07) is 14.4. The normalized spacial score (nSPS) is 30.4. The van der Waals surface area contributed by atoms with E-state index in [9.17, 15) is 4.79 Å². The van der Waals surface area contributed by atoms with Gasteiger partial charge in [-0.2, -0.15) is 0 Å². The van der Waals surface area contributed by atoms with Gasteiger partial charge in [-0.15, -0.1) is 0 Å². The Hall–Kier alpha value is -3.03. The minimum atomic E-state index is -0.735. The number of anilines is 1. The Labute approximate surface area is 224 Å². The molecule has 0 spiro atoms. The molecule has 2 N–H and O–H groups in total. The van der Waals surface area contributed by atoms with Crippen LogP contribution in [0.1, 0.15) is 30.0 Å². The zero-order chi connectivity index (χ0) is 26.3. The Morgan fingerprint density at radius 3 is 2.47 bits per heavy atom. The van der Waals surface area contributed by atoms with Crippen molar-refractivity contribution in [1.82, 2.24) is 4.90 Å². The second kappa shape index (κ2) is 10.3. The molecule has 1 amide bonds. The molecule has 200 valence electrons. The van der Waals surface area contributed by atoms with Crippen molar-refractivity contribution in [1.29, 1.82) is 0 Å². The topological polar surface area (TPSA) is 71.2 Å². The number of carbonyl (C=O) groups excluding carboxylic acids is 1. The molecule has 2 aromatic rings. The molecule has 4 aliphatic rings. The molecule has 6 rings (SSSR count). The molecule has 4 atom stereocenters. The van der Waals surface area contributed by atoms with Crippen LogP contribution in [0.25, 0.3) is 0 Å². The van der Waals surface area contributed by atoms with Crippen molar-refractivity contribution in [2.75, 3.05) is 44.3 Å². The molecule has 3 heterocycles. The molecule has 2 aromatic carbocycles. The number of nitrogens with two attached hydrogens (primary N) is 1. The highest BCUT2D eigenvalue weighted by Crippen LogP contribution is 2.58. The molecule has 3 fully saturated rings. The van der Waals surface area contributed by atoms with E-state index >= 15 is 4.39 Å². The van der Waals surface area contributed by atoms with Gasteiger partial charge in [0.2, 0.25) is 5.91 Å². The van der Waals surface area contributed by atoms with E-state index < -0.39 is 17.2 Å². The first kappa shape index (κ1) is 25.3. The number of piperidine rings is 1. The number of aliphatic imine (C=N–C) groups is 1. The Bertz CT molecular complexity index is 1230. The van der Waals surface area contributed by atoms with Gasteiger partial charge in [0.15, 0.2) is 0 Å². The molecule has 0 bridgehead atoms. The number of hydrogen-bond donors (Lipinski definition) is 1. The molecule has 1 aliphatic carbocycles. The Morgan fingerprint density at radius 1 is 1.11 bits per heavy atom. The summed E-state index contributed by atoms with van der Waals surface area (Å²) in [5.74, 6) is 0.428. The van der Waals surface area contributed by atoms with Gasteiger partial charge in [0.1, 0.15) is 5.82 Å². The number of aryl methyl sites for hydroxylation is 1. The van der Waals surface area contributed by atoms with Crippen molar-refractivity contribution in [3.63, 3.8) is 0 Å². The average Bonchev–Trinajstić information content (AvgIpc) is 3.36. The third kappa shape index (κ3) is 4.67. The van der Waals surface area contributed by atoms with Crippen LogP contribution in [0.3, 0.4) is 0 Å². The molecule has 2 saturated heterocycles. The van der Waals surface area contributed by atoms with Crippen molar-refractivity contribution in [3.05, 3.63) is 77.2 Å². The number of halogens is 1. The van der Waals surface area contributed by atoms with Crippen molar-refractivity contribution >= 4 is 17.8 Å². The van der Waals surface area contributed by atoms with Crippen LogP contribution in [0, 0.1) is 29.5 Å². The lowest BCUT2D eigenvalue weighted by molar-refractivity contribution is -0.121. The molecular weight excluding hydrogens is 479 g/mol. The van der Waals surface area contributed by atoms with E-state index in [1.807, 2.05) is 23.2 Å². The van der Waals surface area contributed by atoms with Gasteiger partial charge in [-0.05, 0) is 59.4 Å². The second-order valence-corrected chi connectivity index (χ2v) is 11.4. The first-order valence-electron chi connectivity index (χ1n) is 13.9. The molecule has 3 aliphatic heterocycles. The Balaban J connectivity index is 1.20. The predicted octanol–water partition coefficient (Wildman–Crippen LogP) is 3.93. The Morgan fingerprint density at radius 2 is 1.82 bits per heavy atom. The number of carbonyl (C=O) groups is 1. The van der Waals surface area contributed by atoms with E-state index in [0.29, 0.717) is 49.7 Å². The van der Waals surface area contributed by atoms with Crippen molar-refractivity contribution in [3.8, 4) is 0 Å². The third-order valence-corrected chi connectivity index (χ3v) is 9.23. The summed E-state index contributed by atoms with van der Waals surface area (Å²) in [5.41, 5.74) is 9.27. The fourth-order valence-electron chi connectivity index (χ4n) is 7.02. The van der Waals surface area contributed by atoms with Gasteiger partial charge in [0.25, 0.3) is 0 Å². The number of likely N-dealkylation sites (tertiary alicyclic amines) is 1. The lowest BCUT2D eigenvalue weighted by Crippen LogP contribution is -2.45. The first-order valence-corrected chi connectivity index (χ1v) is 13.9. The molecule has 1 saturated carbocycles. The minimum absolute atomic E-state index is 0.272. The Kier molecular flexibility index (Phi) is 6.82. The second-order valence-electron chi connectivity index (χ2n) is 11.4. The quantitative estimate of drug-likeness (QED) is 0.577. The van der Waals surface area contributed by atoms with E-state index in [-0.39, 0.29) is 5.82 Å². The van der Waals surface area contributed by atoms with Gasteiger partial charge in [-0.3, -0.25) is 14.7 Å². The van der Waals surface area contributed by atoms with Crippen molar-refractivity contribution in [2.45, 2.75) is 31.7 Å². The maximum absolute atomic E-state index is 15.5. The van der Waals surface area contributed by atoms with Crippen LogP contribution in [0.4, 0.5) is 10.1 Å². The number of benzene rings is 2. The smallest absolute Gasteiger partial charge is 0.225 e. The standard InChI is InChI=1S/C31H37FN4O2/c1-2-21-3-5-22(6-4-21)17-35-18-25-24(26(25)19-35)16-31(20-34-10-9-27(31)30(33)37)23-7-8-29(28(32)15-23)36-11-13-38-14-12-36/h3-10,15,20,24-27H,2,11-14,16-19H2,1H3,(H2,33,37). The van der Waals surface area contributed by atoms with Gasteiger partial charge in [-0.25, -0.2) is 4.39 Å². The van der Waals surface area contributed by atoms with Crippen LogP contribution in [0.2, 0.25) is 0 Å². The molecule has 7 heteroatoms. The molecule has 0 aromatic heterocycles. The fraction of sp³-hybridized carbons (Fsp3) is 0.484. The summed E-state index contributed by atoms with van der Waals surface area (Å²) in [7, 11) is 0. The zero-order valence-electron chi connectivity index (χ0n) is 22.1. The van der Waals surface area contributed by atoms with E-state index in [1.54, 1.807) is 18.3 Å². The largest absolute Gasteiger partial charge is 0.378 e. The number of primary amides is 1. The van der Waals surface area contributed by atoms with E-state index in [4.69, 9.17) is 10.5 Å². The van der Waals surface area contributed by atoms with E-state index in [1.165, 1.54) is 11.1 Å². The van der Waals surface area contributed by atoms with E-state index in [2.05, 4.69) is 41.1 Å². The third-order valence-electron chi connectivity index (χ3n) is 9.23. The van der Waals surface area contributed by atoms with E-state index in [0.717, 1.165) is 38.0 Å². The van der Waals surface area contributed by atoms with Gasteiger partial charge >= 0.3 is 0 Å². The number of amides is 1. The fourth-order valence-corrected chi connectivity index (χ4v) is 7.02. The van der Waals surface area contributed by atoms with Gasteiger partial charge in [0.05, 0.1) is 24.8 Å². The number of fused-ring (bicyclic) bond motifs is 1. The van der Waals surface area contributed by atoms with Crippen molar-refractivity contribution < 1.29 is 13.9 Å². The summed E-state index contributed by atoms with van der Waals surface area (Å²) < 4.78 is 20.9. The highest BCUT2D eigenvalue weighted by molar-refractivity contribution is 5.90. The minimum Gasteiger partial charge on any atom is -0.378 e. The molecule has 4 unspecified atom stereocenters. The number of nitrogens with zero attached hydrogens (tertiary/aromatic N) is 3. The first-order chi connectivity index (χ1) is 18.5. The lowest BCUT2D eigenvalue weighted by atomic mass is 9.66. The number of morpholine rings is 1. The highest BCUT2D eigenvalue weighted by atomic mass is 19.1.